The molecule has 1 aliphatic heterocycles. The van der Waals surface area contributed by atoms with Gasteiger partial charge in [0.05, 0.1) is 11.4 Å². The van der Waals surface area contributed by atoms with Crippen LogP contribution in [0.5, 0.6) is 0 Å². The van der Waals surface area contributed by atoms with Gasteiger partial charge in [-0.1, -0.05) is 18.2 Å². The molecule has 0 aliphatic carbocycles. The normalized spacial score (nSPS) is 14.6. The summed E-state index contributed by atoms with van der Waals surface area (Å²) in [6.45, 7) is 5.65. The summed E-state index contributed by atoms with van der Waals surface area (Å²) in [5.41, 5.74) is 3.11. The van der Waals surface area contributed by atoms with Crippen LogP contribution in [0.25, 0.3) is 5.69 Å². The lowest BCUT2D eigenvalue weighted by molar-refractivity contribution is 0.461. The number of anilines is 1. The van der Waals surface area contributed by atoms with Gasteiger partial charge in [0.25, 0.3) is 0 Å². The number of nitrogens with one attached hydrogen (secondary N) is 2. The zero-order valence-corrected chi connectivity index (χ0v) is 21.3. The molecule has 33 heavy (non-hydrogen) atoms. The van der Waals surface area contributed by atoms with Crippen molar-refractivity contribution in [2.75, 3.05) is 31.1 Å². The second-order valence-corrected chi connectivity index (χ2v) is 7.98. The molecule has 3 aromatic rings. The van der Waals surface area contributed by atoms with Gasteiger partial charge in [-0.05, 0) is 62.2 Å². The van der Waals surface area contributed by atoms with E-state index in [4.69, 9.17) is 4.99 Å². The van der Waals surface area contributed by atoms with Crippen molar-refractivity contribution < 1.29 is 4.39 Å². The van der Waals surface area contributed by atoms with Gasteiger partial charge in [0.15, 0.2) is 5.96 Å². The number of hydrogen-bond donors (Lipinski definition) is 2. The summed E-state index contributed by atoms with van der Waals surface area (Å²) in [5, 5.41) is 11.5. The van der Waals surface area contributed by atoms with Crippen LogP contribution in [0.4, 0.5) is 10.1 Å². The highest BCUT2D eigenvalue weighted by molar-refractivity contribution is 14.0. The average molecular weight is 562 g/mol. The van der Waals surface area contributed by atoms with Gasteiger partial charge in [0, 0.05) is 50.5 Å². The standard InChI is InChI=1S/C25H31FN6.HI/c1-2-27-25(29-21-13-17-31(18-14-21)23-6-4-3-5-7-23)28-16-12-22-15-19-32(30-22)24-10-8-20(26)9-11-24;/h3-11,15,19,21H,2,12-14,16-18H2,1H3,(H2,27,28,29);1H. The Bertz CT molecular complexity index is 997. The van der Waals surface area contributed by atoms with E-state index in [0.29, 0.717) is 12.6 Å². The number of aliphatic imine (C=N–C) groups is 1. The maximum Gasteiger partial charge on any atom is 0.191 e. The number of para-hydroxylation sites is 1. The van der Waals surface area contributed by atoms with Crippen LogP contribution in [0.1, 0.15) is 25.5 Å². The molecule has 4 rings (SSSR count). The van der Waals surface area contributed by atoms with E-state index in [1.807, 2.05) is 12.3 Å². The molecule has 2 aromatic carbocycles. The van der Waals surface area contributed by atoms with Crippen LogP contribution in [0.2, 0.25) is 0 Å². The van der Waals surface area contributed by atoms with Crippen LogP contribution in [0.3, 0.4) is 0 Å². The van der Waals surface area contributed by atoms with Crippen LogP contribution in [0, 0.1) is 5.82 Å². The Balaban J connectivity index is 0.00000306. The average Bonchev–Trinajstić information content (AvgIpc) is 3.30. The Morgan fingerprint density at radius 1 is 1.03 bits per heavy atom. The number of guanidine groups is 1. The van der Waals surface area contributed by atoms with E-state index in [0.717, 1.165) is 56.2 Å². The summed E-state index contributed by atoms with van der Waals surface area (Å²) in [6, 6.07) is 19.3. The third kappa shape index (κ3) is 7.18. The van der Waals surface area contributed by atoms with Gasteiger partial charge in [-0.25, -0.2) is 9.07 Å². The van der Waals surface area contributed by atoms with Crippen molar-refractivity contribution in [3.8, 4) is 5.69 Å². The fourth-order valence-corrected chi connectivity index (χ4v) is 3.95. The van der Waals surface area contributed by atoms with Gasteiger partial charge >= 0.3 is 0 Å². The van der Waals surface area contributed by atoms with Gasteiger partial charge in [0.2, 0.25) is 0 Å². The molecule has 1 aromatic heterocycles. The van der Waals surface area contributed by atoms with Crippen LogP contribution >= 0.6 is 24.0 Å². The fraction of sp³-hybridized carbons (Fsp3) is 0.360. The Labute approximate surface area is 212 Å². The molecular weight excluding hydrogens is 530 g/mol. The number of piperidine rings is 1. The molecule has 0 radical (unpaired) electrons. The highest BCUT2D eigenvalue weighted by atomic mass is 127. The minimum atomic E-state index is -0.246. The molecule has 0 amide bonds. The number of aromatic nitrogens is 2. The van der Waals surface area contributed by atoms with Crippen molar-refractivity contribution in [2.24, 2.45) is 4.99 Å². The Morgan fingerprint density at radius 2 is 1.76 bits per heavy atom. The van der Waals surface area contributed by atoms with Crippen molar-refractivity contribution >= 4 is 35.6 Å². The maximum atomic E-state index is 13.1. The molecule has 0 bridgehead atoms. The lowest BCUT2D eigenvalue weighted by Gasteiger charge is -2.34. The lowest BCUT2D eigenvalue weighted by Crippen LogP contribution is -2.48. The van der Waals surface area contributed by atoms with Gasteiger partial charge in [-0.3, -0.25) is 4.99 Å². The van der Waals surface area contributed by atoms with Crippen molar-refractivity contribution in [3.05, 3.63) is 78.4 Å². The van der Waals surface area contributed by atoms with Crippen LogP contribution in [-0.2, 0) is 6.42 Å². The first-order valence-corrected chi connectivity index (χ1v) is 11.4. The van der Waals surface area contributed by atoms with Crippen molar-refractivity contribution in [2.45, 2.75) is 32.2 Å². The minimum absolute atomic E-state index is 0. The van der Waals surface area contributed by atoms with Crippen molar-refractivity contribution in [1.29, 1.82) is 0 Å². The number of benzene rings is 2. The third-order valence-electron chi connectivity index (χ3n) is 5.67. The van der Waals surface area contributed by atoms with Crippen molar-refractivity contribution in [3.63, 3.8) is 0 Å². The molecule has 6 nitrogen and oxygen atoms in total. The molecule has 0 saturated carbocycles. The Kier molecular flexibility index (Phi) is 9.53. The van der Waals surface area contributed by atoms with Crippen LogP contribution in [-0.4, -0.2) is 48.0 Å². The maximum absolute atomic E-state index is 13.1. The molecule has 176 valence electrons. The van der Waals surface area contributed by atoms with Crippen LogP contribution < -0.4 is 15.5 Å². The highest BCUT2D eigenvalue weighted by Crippen LogP contribution is 2.19. The Hall–Kier alpha value is -2.62. The summed E-state index contributed by atoms with van der Waals surface area (Å²) in [4.78, 5) is 7.20. The second-order valence-electron chi connectivity index (χ2n) is 7.98. The predicted molar refractivity (Wildman–Crippen MR) is 143 cm³/mol. The van der Waals surface area contributed by atoms with Gasteiger partial charge in [-0.15, -0.1) is 24.0 Å². The van der Waals surface area contributed by atoms with Gasteiger partial charge in [-0.2, -0.15) is 5.10 Å². The molecule has 1 saturated heterocycles. The largest absolute Gasteiger partial charge is 0.371 e. The number of halogens is 2. The first-order valence-electron chi connectivity index (χ1n) is 11.4. The second kappa shape index (κ2) is 12.6. The summed E-state index contributed by atoms with van der Waals surface area (Å²) < 4.78 is 14.9. The minimum Gasteiger partial charge on any atom is -0.371 e. The Morgan fingerprint density at radius 3 is 2.45 bits per heavy atom. The number of hydrogen-bond acceptors (Lipinski definition) is 3. The van der Waals surface area contributed by atoms with E-state index >= 15 is 0 Å². The summed E-state index contributed by atoms with van der Waals surface area (Å²) in [6.07, 6.45) is 4.82. The topological polar surface area (TPSA) is 57.5 Å². The number of nitrogens with zero attached hydrogens (tertiary/aromatic N) is 4. The molecule has 0 unspecified atom stereocenters. The molecule has 8 heteroatoms. The summed E-state index contributed by atoms with van der Waals surface area (Å²) in [7, 11) is 0. The smallest absolute Gasteiger partial charge is 0.191 e. The van der Waals surface area contributed by atoms with E-state index in [1.54, 1.807) is 16.8 Å². The molecule has 1 fully saturated rings. The quantitative estimate of drug-likeness (QED) is 0.255. The van der Waals surface area contributed by atoms with Crippen LogP contribution in [0.15, 0.2) is 71.9 Å². The fourth-order valence-electron chi connectivity index (χ4n) is 3.95. The monoisotopic (exact) mass is 562 g/mol. The molecule has 0 atom stereocenters. The molecule has 1 aliphatic rings. The highest BCUT2D eigenvalue weighted by Gasteiger charge is 2.20. The molecule has 2 heterocycles. The molecule has 2 N–H and O–H groups in total. The third-order valence-corrected chi connectivity index (χ3v) is 5.67. The summed E-state index contributed by atoms with van der Waals surface area (Å²) in [5.74, 6) is 0.619. The van der Waals surface area contributed by atoms with E-state index in [9.17, 15) is 4.39 Å². The first kappa shape index (κ1) is 25.0. The number of rotatable bonds is 7. The zero-order chi connectivity index (χ0) is 22.2. The zero-order valence-electron chi connectivity index (χ0n) is 19.0. The van der Waals surface area contributed by atoms with E-state index < -0.39 is 0 Å². The van der Waals surface area contributed by atoms with E-state index in [1.165, 1.54) is 17.8 Å². The van der Waals surface area contributed by atoms with Crippen molar-refractivity contribution in [1.82, 2.24) is 20.4 Å². The van der Waals surface area contributed by atoms with E-state index in [2.05, 4.69) is 57.9 Å². The molecule has 0 spiro atoms. The first-order chi connectivity index (χ1) is 15.7. The predicted octanol–water partition coefficient (Wildman–Crippen LogP) is 4.40. The van der Waals surface area contributed by atoms with E-state index in [-0.39, 0.29) is 29.8 Å². The lowest BCUT2D eigenvalue weighted by atomic mass is 10.0. The summed E-state index contributed by atoms with van der Waals surface area (Å²) >= 11 is 0. The van der Waals surface area contributed by atoms with Gasteiger partial charge in [0.1, 0.15) is 5.82 Å². The van der Waals surface area contributed by atoms with Gasteiger partial charge < -0.3 is 15.5 Å². The molecular formula is C25H32FIN6. The SMILES string of the molecule is CCNC(=NCCc1ccn(-c2ccc(F)cc2)n1)NC1CCN(c2ccccc2)CC1.I.